The third-order valence-corrected chi connectivity index (χ3v) is 2.82. The van der Waals surface area contributed by atoms with E-state index in [1.165, 1.54) is 11.3 Å². The third kappa shape index (κ3) is 2.64. The normalized spacial score (nSPS) is 12.8. The molecule has 2 nitrogen and oxygen atoms in total. The fourth-order valence-corrected chi connectivity index (χ4v) is 1.98. The highest BCUT2D eigenvalue weighted by Gasteiger charge is 2.17. The van der Waals surface area contributed by atoms with Crippen LogP contribution in [0, 0.1) is 0 Å². The summed E-state index contributed by atoms with van der Waals surface area (Å²) in [6.07, 6.45) is 0.852. The van der Waals surface area contributed by atoms with Crippen LogP contribution >= 0.6 is 11.3 Å². The number of rotatable bonds is 5. The molecule has 1 unspecified atom stereocenters. The molecule has 0 amide bonds. The van der Waals surface area contributed by atoms with E-state index in [9.17, 15) is 4.79 Å². The summed E-state index contributed by atoms with van der Waals surface area (Å²) in [5.74, 6) is 0.222. The van der Waals surface area contributed by atoms with Gasteiger partial charge in [0.05, 0.1) is 10.9 Å². The van der Waals surface area contributed by atoms with E-state index >= 15 is 0 Å². The number of thiophene rings is 1. The summed E-state index contributed by atoms with van der Waals surface area (Å²) in [5, 5.41) is 5.11. The standard InChI is InChI=1S/C10H15NOS/c1-3-8(11-4-2)10(12)9-6-5-7-13-9/h5-8,11H,3-4H2,1-2H3. The Bertz CT molecular complexity index is 256. The summed E-state index contributed by atoms with van der Waals surface area (Å²) >= 11 is 1.51. The zero-order valence-electron chi connectivity index (χ0n) is 8.04. The van der Waals surface area contributed by atoms with Crippen molar-refractivity contribution in [2.75, 3.05) is 6.54 Å². The van der Waals surface area contributed by atoms with Crippen LogP contribution in [0.25, 0.3) is 0 Å². The Balaban J connectivity index is 2.65. The van der Waals surface area contributed by atoms with E-state index in [1.54, 1.807) is 0 Å². The minimum atomic E-state index is -0.0105. The van der Waals surface area contributed by atoms with E-state index in [-0.39, 0.29) is 11.8 Å². The molecule has 0 saturated heterocycles. The molecule has 1 aromatic heterocycles. The van der Waals surface area contributed by atoms with Crippen LogP contribution in [0.2, 0.25) is 0 Å². The zero-order chi connectivity index (χ0) is 9.68. The Morgan fingerprint density at radius 2 is 2.38 bits per heavy atom. The van der Waals surface area contributed by atoms with Crippen molar-refractivity contribution in [2.24, 2.45) is 0 Å². The lowest BCUT2D eigenvalue weighted by atomic mass is 10.1. The quantitative estimate of drug-likeness (QED) is 0.734. The van der Waals surface area contributed by atoms with E-state index < -0.39 is 0 Å². The van der Waals surface area contributed by atoms with E-state index in [1.807, 2.05) is 31.4 Å². The summed E-state index contributed by atoms with van der Waals surface area (Å²) in [4.78, 5) is 12.6. The number of Topliss-reactive ketones (excluding diaryl/α,β-unsaturated/α-hetero) is 1. The Kier molecular flexibility index (Phi) is 4.12. The second-order valence-corrected chi connectivity index (χ2v) is 3.81. The summed E-state index contributed by atoms with van der Waals surface area (Å²) in [6.45, 7) is 4.89. The van der Waals surface area contributed by atoms with Crippen LogP contribution in [0.1, 0.15) is 29.9 Å². The SMILES string of the molecule is CCNC(CC)C(=O)c1cccs1. The number of hydrogen-bond acceptors (Lipinski definition) is 3. The molecule has 1 N–H and O–H groups in total. The highest BCUT2D eigenvalue weighted by atomic mass is 32.1. The second kappa shape index (κ2) is 5.14. The molecule has 72 valence electrons. The van der Waals surface area contributed by atoms with Crippen LogP contribution in [0.4, 0.5) is 0 Å². The van der Waals surface area contributed by atoms with Crippen molar-refractivity contribution in [2.45, 2.75) is 26.3 Å². The minimum Gasteiger partial charge on any atom is -0.307 e. The first-order valence-electron chi connectivity index (χ1n) is 4.60. The molecule has 0 aromatic carbocycles. The average molecular weight is 197 g/mol. The van der Waals surface area contributed by atoms with Crippen molar-refractivity contribution >= 4 is 17.1 Å². The van der Waals surface area contributed by atoms with E-state index in [2.05, 4.69) is 5.32 Å². The molecule has 0 aliphatic rings. The van der Waals surface area contributed by atoms with Gasteiger partial charge in [0.15, 0.2) is 5.78 Å². The molecule has 0 fully saturated rings. The first-order chi connectivity index (χ1) is 6.29. The Labute approximate surface area is 83.0 Å². The van der Waals surface area contributed by atoms with Gasteiger partial charge in [-0.1, -0.05) is 19.9 Å². The van der Waals surface area contributed by atoms with Crippen molar-refractivity contribution in [3.05, 3.63) is 22.4 Å². The molecule has 1 aromatic rings. The summed E-state index contributed by atoms with van der Waals surface area (Å²) in [7, 11) is 0. The second-order valence-electron chi connectivity index (χ2n) is 2.86. The number of likely N-dealkylation sites (N-methyl/N-ethyl adjacent to an activating group) is 1. The van der Waals surface area contributed by atoms with Crippen LogP contribution in [0.15, 0.2) is 17.5 Å². The van der Waals surface area contributed by atoms with Crippen molar-refractivity contribution in [1.82, 2.24) is 5.32 Å². The Hall–Kier alpha value is -0.670. The Morgan fingerprint density at radius 3 is 2.85 bits per heavy atom. The molecule has 0 radical (unpaired) electrons. The Morgan fingerprint density at radius 1 is 1.62 bits per heavy atom. The molecule has 1 atom stereocenters. The third-order valence-electron chi connectivity index (χ3n) is 1.94. The minimum absolute atomic E-state index is 0.0105. The van der Waals surface area contributed by atoms with Crippen molar-refractivity contribution in [1.29, 1.82) is 0 Å². The van der Waals surface area contributed by atoms with Gasteiger partial charge in [0.25, 0.3) is 0 Å². The average Bonchev–Trinajstić information content (AvgIpc) is 2.65. The fraction of sp³-hybridized carbons (Fsp3) is 0.500. The molecular weight excluding hydrogens is 182 g/mol. The number of ketones is 1. The molecule has 0 spiro atoms. The summed E-state index contributed by atoms with van der Waals surface area (Å²) < 4.78 is 0. The maximum Gasteiger partial charge on any atom is 0.189 e. The largest absolute Gasteiger partial charge is 0.307 e. The molecule has 13 heavy (non-hydrogen) atoms. The first kappa shape index (κ1) is 10.4. The van der Waals surface area contributed by atoms with E-state index in [0.717, 1.165) is 17.8 Å². The van der Waals surface area contributed by atoms with Crippen LogP contribution < -0.4 is 5.32 Å². The van der Waals surface area contributed by atoms with Gasteiger partial charge in [-0.15, -0.1) is 11.3 Å². The fourth-order valence-electron chi connectivity index (χ4n) is 1.26. The highest BCUT2D eigenvalue weighted by Crippen LogP contribution is 2.12. The predicted octanol–water partition coefficient (Wildman–Crippen LogP) is 2.32. The van der Waals surface area contributed by atoms with Gasteiger partial charge in [0.2, 0.25) is 0 Å². The molecule has 0 aliphatic carbocycles. The number of carbonyl (C=O) groups excluding carboxylic acids is 1. The molecule has 3 heteroatoms. The first-order valence-corrected chi connectivity index (χ1v) is 5.48. The van der Waals surface area contributed by atoms with Crippen molar-refractivity contribution in [3.63, 3.8) is 0 Å². The van der Waals surface area contributed by atoms with Gasteiger partial charge >= 0.3 is 0 Å². The maximum atomic E-state index is 11.8. The van der Waals surface area contributed by atoms with Gasteiger partial charge in [-0.3, -0.25) is 4.79 Å². The van der Waals surface area contributed by atoms with Gasteiger partial charge in [0, 0.05) is 0 Å². The molecule has 1 rings (SSSR count). The summed E-state index contributed by atoms with van der Waals surface area (Å²) in [5.41, 5.74) is 0. The van der Waals surface area contributed by atoms with Gasteiger partial charge < -0.3 is 5.32 Å². The van der Waals surface area contributed by atoms with Crippen LogP contribution in [-0.4, -0.2) is 18.4 Å². The lowest BCUT2D eigenvalue weighted by molar-refractivity contribution is 0.0945. The lowest BCUT2D eigenvalue weighted by Gasteiger charge is -2.12. The molecule has 0 saturated carbocycles. The lowest BCUT2D eigenvalue weighted by Crippen LogP contribution is -2.35. The molecule has 1 heterocycles. The monoisotopic (exact) mass is 197 g/mol. The summed E-state index contributed by atoms with van der Waals surface area (Å²) in [6, 6.07) is 3.78. The van der Waals surface area contributed by atoms with Crippen LogP contribution in [0.3, 0.4) is 0 Å². The van der Waals surface area contributed by atoms with Gasteiger partial charge in [-0.25, -0.2) is 0 Å². The van der Waals surface area contributed by atoms with E-state index in [4.69, 9.17) is 0 Å². The maximum absolute atomic E-state index is 11.8. The predicted molar refractivity (Wildman–Crippen MR) is 56.4 cm³/mol. The van der Waals surface area contributed by atoms with Crippen LogP contribution in [-0.2, 0) is 0 Å². The van der Waals surface area contributed by atoms with Crippen LogP contribution in [0.5, 0.6) is 0 Å². The number of carbonyl (C=O) groups is 1. The smallest absolute Gasteiger partial charge is 0.189 e. The highest BCUT2D eigenvalue weighted by molar-refractivity contribution is 7.12. The van der Waals surface area contributed by atoms with Gasteiger partial charge in [-0.2, -0.15) is 0 Å². The number of nitrogens with one attached hydrogen (secondary N) is 1. The molecule has 0 aliphatic heterocycles. The van der Waals surface area contributed by atoms with E-state index in [0.29, 0.717) is 0 Å². The topological polar surface area (TPSA) is 29.1 Å². The van der Waals surface area contributed by atoms with Crippen molar-refractivity contribution in [3.8, 4) is 0 Å². The zero-order valence-corrected chi connectivity index (χ0v) is 8.86. The number of hydrogen-bond donors (Lipinski definition) is 1. The molecular formula is C10H15NOS. The van der Waals surface area contributed by atoms with Gasteiger partial charge in [-0.05, 0) is 24.4 Å². The van der Waals surface area contributed by atoms with Crippen molar-refractivity contribution < 1.29 is 4.79 Å². The van der Waals surface area contributed by atoms with Gasteiger partial charge in [0.1, 0.15) is 0 Å². The molecule has 0 bridgehead atoms.